The zero-order chi connectivity index (χ0) is 26.4. The fraction of sp³-hybridized carbons (Fsp3) is 0.273. The number of carbonyl (C=O) groups is 1. The number of benzene rings is 2. The maximum atomic E-state index is 13.3. The second kappa shape index (κ2) is 10.1. The second-order valence-electron chi connectivity index (χ2n) is 10.9. The van der Waals surface area contributed by atoms with Crippen LogP contribution in [0.5, 0.6) is 0 Å². The Hall–Kier alpha value is -3.23. The van der Waals surface area contributed by atoms with Crippen LogP contribution in [0, 0.1) is 5.92 Å². The van der Waals surface area contributed by atoms with Crippen molar-refractivity contribution in [2.45, 2.75) is 50.2 Å². The first-order valence-electron chi connectivity index (χ1n) is 13.8. The molecule has 2 fully saturated rings. The van der Waals surface area contributed by atoms with Gasteiger partial charge < -0.3 is 0 Å². The summed E-state index contributed by atoms with van der Waals surface area (Å²) in [6.07, 6.45) is 17.2. The molecule has 3 N–H and O–H groups in total. The van der Waals surface area contributed by atoms with Crippen LogP contribution in [0.2, 0.25) is 0 Å². The van der Waals surface area contributed by atoms with Crippen molar-refractivity contribution in [2.24, 2.45) is 9.12 Å². The SMILES string of the molecule is O=C(Nc1cccc(CNC2=CC(C3=CC=CCC3O)=CC3=C(C4CC4)C=NI23)c1)C1(c2ccccc2)CC1. The number of aliphatic hydroxyl groups excluding tert-OH is 1. The van der Waals surface area contributed by atoms with Gasteiger partial charge in [0.1, 0.15) is 0 Å². The Kier molecular flexibility index (Phi) is 6.40. The van der Waals surface area contributed by atoms with E-state index in [9.17, 15) is 9.90 Å². The second-order valence-corrected chi connectivity index (χ2v) is 15.3. The third-order valence-electron chi connectivity index (χ3n) is 8.15. The number of hydrogen-bond donors (Lipinski definition) is 3. The predicted octanol–water partition coefficient (Wildman–Crippen LogP) is 6.65. The molecule has 6 heteroatoms. The van der Waals surface area contributed by atoms with Crippen LogP contribution in [-0.4, -0.2) is 23.3 Å². The number of nitrogens with zero attached hydrogens (tertiary/aromatic N) is 1. The molecule has 5 nitrogen and oxygen atoms in total. The van der Waals surface area contributed by atoms with Gasteiger partial charge in [-0.05, 0) is 0 Å². The zero-order valence-electron chi connectivity index (χ0n) is 21.7. The van der Waals surface area contributed by atoms with Crippen molar-refractivity contribution in [1.82, 2.24) is 5.32 Å². The summed E-state index contributed by atoms with van der Waals surface area (Å²) in [5, 5.41) is 17.6. The van der Waals surface area contributed by atoms with E-state index in [1.54, 1.807) is 0 Å². The van der Waals surface area contributed by atoms with Crippen LogP contribution in [-0.2, 0) is 16.8 Å². The topological polar surface area (TPSA) is 73.7 Å². The zero-order valence-corrected chi connectivity index (χ0v) is 23.9. The fourth-order valence-corrected chi connectivity index (χ4v) is 10.4. The summed E-state index contributed by atoms with van der Waals surface area (Å²) >= 11 is -1.90. The molecule has 3 aliphatic carbocycles. The molecule has 2 saturated carbocycles. The van der Waals surface area contributed by atoms with Gasteiger partial charge in [-0.2, -0.15) is 0 Å². The van der Waals surface area contributed by atoms with Crippen molar-refractivity contribution in [3.05, 3.63) is 120 Å². The number of aliphatic hydroxyl groups is 1. The predicted molar refractivity (Wildman–Crippen MR) is 166 cm³/mol. The minimum atomic E-state index is -1.90. The molecule has 0 spiro atoms. The molecule has 2 aromatic carbocycles. The van der Waals surface area contributed by atoms with Crippen LogP contribution in [0.1, 0.15) is 43.2 Å². The average molecular weight is 630 g/mol. The van der Waals surface area contributed by atoms with E-state index >= 15 is 0 Å². The molecule has 2 aromatic rings. The number of amides is 1. The van der Waals surface area contributed by atoms with Crippen molar-refractivity contribution < 1.29 is 9.90 Å². The standard InChI is InChI=1S/C33H32IN3O2/c38-30-12-5-4-11-27(30)24-18-29-28(23-13-14-23)21-36-34(29)31(19-24)35-20-22-7-6-10-26(17-22)37-32(39)33(15-16-33)25-8-2-1-3-9-25/h1-11,17-19,21,23,30,35,38H,12-16,20H2,(H,37,39). The molecule has 0 radical (unpaired) electrons. The minimum absolute atomic E-state index is 0.0768. The molecular formula is C33H32IN3O2. The van der Waals surface area contributed by atoms with Crippen molar-refractivity contribution in [1.29, 1.82) is 0 Å². The third kappa shape index (κ3) is 4.85. The number of rotatable bonds is 8. The Balaban J connectivity index is 1.09. The number of nitrogens with one attached hydrogen (secondary N) is 2. The molecule has 5 aliphatic rings. The van der Waals surface area contributed by atoms with E-state index < -0.39 is 31.6 Å². The van der Waals surface area contributed by atoms with Gasteiger partial charge in [0.25, 0.3) is 0 Å². The van der Waals surface area contributed by atoms with Gasteiger partial charge >= 0.3 is 232 Å². The van der Waals surface area contributed by atoms with Crippen LogP contribution in [0.25, 0.3) is 0 Å². The number of carbonyl (C=O) groups excluding carboxylic acids is 1. The van der Waals surface area contributed by atoms with Gasteiger partial charge in [-0.15, -0.1) is 0 Å². The Labute approximate surface area is 236 Å². The Bertz CT molecular complexity index is 1510. The fourth-order valence-electron chi connectivity index (χ4n) is 5.59. The van der Waals surface area contributed by atoms with Gasteiger partial charge in [-0.1, -0.05) is 6.07 Å². The van der Waals surface area contributed by atoms with Gasteiger partial charge in [0.15, 0.2) is 0 Å². The van der Waals surface area contributed by atoms with Crippen LogP contribution < -0.4 is 10.6 Å². The first-order chi connectivity index (χ1) is 19.1. The van der Waals surface area contributed by atoms with Gasteiger partial charge in [0, 0.05) is 0 Å². The molecule has 198 valence electrons. The Morgan fingerprint density at radius 3 is 2.69 bits per heavy atom. The Morgan fingerprint density at radius 1 is 1.08 bits per heavy atom. The van der Waals surface area contributed by atoms with E-state index in [1.807, 2.05) is 48.6 Å². The molecule has 2 aliphatic heterocycles. The number of halogens is 1. The first kappa shape index (κ1) is 24.8. The average Bonchev–Trinajstić information content (AvgIpc) is 3.90. The molecule has 0 aromatic heterocycles. The van der Waals surface area contributed by atoms with Crippen LogP contribution in [0.15, 0.2) is 112 Å². The number of hydrogen-bond acceptors (Lipinski definition) is 4. The summed E-state index contributed by atoms with van der Waals surface area (Å²) in [5.41, 5.74) is 6.14. The molecule has 7 rings (SSSR count). The first-order valence-corrected chi connectivity index (χ1v) is 16.9. The van der Waals surface area contributed by atoms with Gasteiger partial charge in [0.2, 0.25) is 0 Å². The quantitative estimate of drug-likeness (QED) is 0.226. The van der Waals surface area contributed by atoms with Gasteiger partial charge in [-0.25, -0.2) is 0 Å². The number of allylic oxidation sites excluding steroid dienone is 6. The summed E-state index contributed by atoms with van der Waals surface area (Å²) in [6, 6.07) is 18.2. The summed E-state index contributed by atoms with van der Waals surface area (Å²) in [5.74, 6) is 0.729. The number of fused-ring (bicyclic) bond motifs is 1. The molecule has 1 amide bonds. The molecule has 0 bridgehead atoms. The number of anilines is 1. The van der Waals surface area contributed by atoms with Crippen LogP contribution >= 0.6 is 20.1 Å². The summed E-state index contributed by atoms with van der Waals surface area (Å²) < 4.78 is 7.66. The van der Waals surface area contributed by atoms with Crippen molar-refractivity contribution in [3.8, 4) is 0 Å². The van der Waals surface area contributed by atoms with Gasteiger partial charge in [0.05, 0.1) is 0 Å². The normalized spacial score (nSPS) is 23.6. The molecule has 1 atom stereocenters. The van der Waals surface area contributed by atoms with Crippen molar-refractivity contribution in [2.75, 3.05) is 5.32 Å². The van der Waals surface area contributed by atoms with E-state index in [-0.39, 0.29) is 5.91 Å². The summed E-state index contributed by atoms with van der Waals surface area (Å²) in [4.78, 5) is 13.3. The molecular weight excluding hydrogens is 597 g/mol. The summed E-state index contributed by atoms with van der Waals surface area (Å²) in [7, 11) is 0. The molecule has 0 saturated heterocycles. The van der Waals surface area contributed by atoms with E-state index in [0.717, 1.165) is 40.8 Å². The monoisotopic (exact) mass is 629 g/mol. The van der Waals surface area contributed by atoms with E-state index in [1.165, 1.54) is 25.7 Å². The third-order valence-corrected chi connectivity index (χ3v) is 12.8. The summed E-state index contributed by atoms with van der Waals surface area (Å²) in [6.45, 7) is 0.656. The van der Waals surface area contributed by atoms with Crippen molar-refractivity contribution >= 4 is 37.9 Å². The van der Waals surface area contributed by atoms with Crippen molar-refractivity contribution in [3.63, 3.8) is 0 Å². The van der Waals surface area contributed by atoms with E-state index in [0.29, 0.717) is 18.9 Å². The van der Waals surface area contributed by atoms with Crippen LogP contribution in [0.3, 0.4) is 0 Å². The van der Waals surface area contributed by atoms with Gasteiger partial charge in [-0.3, -0.25) is 0 Å². The van der Waals surface area contributed by atoms with E-state index in [4.69, 9.17) is 3.21 Å². The molecule has 2 heterocycles. The maximum absolute atomic E-state index is 13.3. The molecule has 1 unspecified atom stereocenters. The molecule has 39 heavy (non-hydrogen) atoms. The van der Waals surface area contributed by atoms with Crippen LogP contribution in [0.4, 0.5) is 5.69 Å². The Morgan fingerprint density at radius 2 is 1.92 bits per heavy atom. The van der Waals surface area contributed by atoms with E-state index in [2.05, 4.69) is 53.3 Å².